The number of hydrogen-bond donors (Lipinski definition) is 0. The van der Waals surface area contributed by atoms with Crippen molar-refractivity contribution in [2.24, 2.45) is 0 Å². The van der Waals surface area contributed by atoms with E-state index in [1.165, 1.54) is 6.08 Å². The molecule has 1 aromatic rings. The van der Waals surface area contributed by atoms with Crippen LogP contribution in [0.5, 0.6) is 0 Å². The van der Waals surface area contributed by atoms with Gasteiger partial charge in [-0.1, -0.05) is 17.7 Å². The summed E-state index contributed by atoms with van der Waals surface area (Å²) in [5.74, 6) is -0.214. The summed E-state index contributed by atoms with van der Waals surface area (Å²) in [6, 6.07) is 6.26. The smallest absolute Gasteiger partial charge is 0.232 e. The Kier molecular flexibility index (Phi) is 3.44. The van der Waals surface area contributed by atoms with Crippen molar-refractivity contribution in [1.82, 2.24) is 0 Å². The normalized spacial score (nSPS) is 21.5. The Morgan fingerprint density at radius 3 is 2.21 bits per heavy atom. The lowest BCUT2D eigenvalue weighted by atomic mass is 10.2. The molecule has 1 heterocycles. The van der Waals surface area contributed by atoms with Crippen molar-refractivity contribution in [3.05, 3.63) is 41.3 Å². The van der Waals surface area contributed by atoms with E-state index in [1.54, 1.807) is 24.3 Å². The summed E-state index contributed by atoms with van der Waals surface area (Å²) < 4.78 is 47.9. The first-order chi connectivity index (χ1) is 8.69. The first kappa shape index (κ1) is 14.1. The zero-order valence-electron chi connectivity index (χ0n) is 10.6. The van der Waals surface area contributed by atoms with Crippen LogP contribution in [0, 0.1) is 6.92 Å². The summed E-state index contributed by atoms with van der Waals surface area (Å²) in [6.45, 7) is 1.90. The Hall–Kier alpha value is -1.34. The maximum Gasteiger partial charge on any atom is 0.232 e. The molecular formula is C12H15NO4S2. The van der Waals surface area contributed by atoms with E-state index in [1.807, 2.05) is 6.92 Å². The fourth-order valence-corrected chi connectivity index (χ4v) is 4.53. The lowest BCUT2D eigenvalue weighted by Gasteiger charge is -2.27. The van der Waals surface area contributed by atoms with Gasteiger partial charge in [-0.2, -0.15) is 0 Å². The van der Waals surface area contributed by atoms with E-state index in [4.69, 9.17) is 0 Å². The lowest BCUT2D eigenvalue weighted by Crippen LogP contribution is -2.40. The molecule has 7 heteroatoms. The summed E-state index contributed by atoms with van der Waals surface area (Å²) >= 11 is 0. The Morgan fingerprint density at radius 2 is 1.79 bits per heavy atom. The quantitative estimate of drug-likeness (QED) is 0.837. The van der Waals surface area contributed by atoms with Crippen LogP contribution in [-0.4, -0.2) is 34.9 Å². The second-order valence-electron chi connectivity index (χ2n) is 4.62. The van der Waals surface area contributed by atoms with Gasteiger partial charge in [0, 0.05) is 5.41 Å². The van der Waals surface area contributed by atoms with Gasteiger partial charge in [-0.25, -0.2) is 16.8 Å². The largest absolute Gasteiger partial charge is 0.263 e. The first-order valence-electron chi connectivity index (χ1n) is 5.66. The first-order valence-corrected chi connectivity index (χ1v) is 9.22. The molecule has 0 fully saturated rings. The maximum atomic E-state index is 11.9. The number of hydrogen-bond acceptors (Lipinski definition) is 4. The molecule has 0 amide bonds. The van der Waals surface area contributed by atoms with Crippen molar-refractivity contribution in [2.45, 2.75) is 13.0 Å². The van der Waals surface area contributed by atoms with Crippen molar-refractivity contribution < 1.29 is 16.8 Å². The molecule has 0 unspecified atom stereocenters. The molecule has 1 aromatic carbocycles. The number of benzene rings is 1. The number of nitrogens with zero attached hydrogens (tertiary/aromatic N) is 1. The van der Waals surface area contributed by atoms with Crippen LogP contribution in [0.4, 0.5) is 5.69 Å². The number of sulfone groups is 1. The van der Waals surface area contributed by atoms with Gasteiger partial charge < -0.3 is 0 Å². The van der Waals surface area contributed by atoms with Crippen molar-refractivity contribution in [2.75, 3.05) is 16.3 Å². The van der Waals surface area contributed by atoms with E-state index < -0.39 is 25.9 Å². The van der Waals surface area contributed by atoms with Gasteiger partial charge in [0.1, 0.15) is 0 Å². The molecule has 0 saturated heterocycles. The van der Waals surface area contributed by atoms with Gasteiger partial charge in [0.15, 0.2) is 9.84 Å². The highest BCUT2D eigenvalue weighted by Gasteiger charge is 2.32. The van der Waals surface area contributed by atoms with Crippen LogP contribution in [0.1, 0.15) is 5.56 Å². The molecule has 1 atom stereocenters. The summed E-state index contributed by atoms with van der Waals surface area (Å²) in [7, 11) is -6.85. The predicted octanol–water partition coefficient (Wildman–Crippen LogP) is 1.07. The van der Waals surface area contributed by atoms with Gasteiger partial charge in [-0.05, 0) is 25.1 Å². The van der Waals surface area contributed by atoms with Gasteiger partial charge in [-0.3, -0.25) is 4.31 Å². The molecule has 19 heavy (non-hydrogen) atoms. The van der Waals surface area contributed by atoms with Gasteiger partial charge in [0.05, 0.1) is 23.7 Å². The van der Waals surface area contributed by atoms with Crippen LogP contribution in [0.15, 0.2) is 35.7 Å². The summed E-state index contributed by atoms with van der Waals surface area (Å²) in [6.07, 6.45) is 2.49. The fraction of sp³-hybridized carbons (Fsp3) is 0.333. The Labute approximate surface area is 113 Å². The van der Waals surface area contributed by atoms with Crippen LogP contribution >= 0.6 is 0 Å². The SMILES string of the molecule is Cc1ccc(N([C@@H]2C=CS(=O)(=O)C2)S(C)(=O)=O)cc1. The van der Waals surface area contributed by atoms with E-state index in [-0.39, 0.29) is 5.75 Å². The van der Waals surface area contributed by atoms with E-state index >= 15 is 0 Å². The van der Waals surface area contributed by atoms with Crippen LogP contribution in [-0.2, 0) is 19.9 Å². The van der Waals surface area contributed by atoms with Crippen LogP contribution in [0.3, 0.4) is 0 Å². The summed E-state index contributed by atoms with van der Waals surface area (Å²) in [5, 5.41) is 1.07. The molecule has 2 rings (SSSR count). The Bertz CT molecular complexity index is 703. The number of rotatable bonds is 3. The van der Waals surface area contributed by atoms with E-state index in [2.05, 4.69) is 0 Å². The topological polar surface area (TPSA) is 71.5 Å². The second kappa shape index (κ2) is 4.64. The third kappa shape index (κ3) is 3.16. The van der Waals surface area contributed by atoms with E-state index in [0.29, 0.717) is 5.69 Å². The van der Waals surface area contributed by atoms with Gasteiger partial charge in [0.2, 0.25) is 10.0 Å². The van der Waals surface area contributed by atoms with Gasteiger partial charge in [-0.15, -0.1) is 0 Å². The molecule has 0 aromatic heterocycles. The van der Waals surface area contributed by atoms with Gasteiger partial charge >= 0.3 is 0 Å². The summed E-state index contributed by atoms with van der Waals surface area (Å²) in [5.41, 5.74) is 1.48. The second-order valence-corrected chi connectivity index (χ2v) is 8.41. The maximum absolute atomic E-state index is 11.9. The van der Waals surface area contributed by atoms with Crippen molar-refractivity contribution in [3.8, 4) is 0 Å². The lowest BCUT2D eigenvalue weighted by molar-refractivity contribution is 0.591. The molecule has 0 aliphatic carbocycles. The zero-order chi connectivity index (χ0) is 14.3. The third-order valence-corrected chi connectivity index (χ3v) is 5.43. The van der Waals surface area contributed by atoms with Crippen LogP contribution in [0.2, 0.25) is 0 Å². The number of sulfonamides is 1. The van der Waals surface area contributed by atoms with Crippen LogP contribution < -0.4 is 4.31 Å². The van der Waals surface area contributed by atoms with E-state index in [0.717, 1.165) is 21.5 Å². The highest BCUT2D eigenvalue weighted by atomic mass is 32.2. The zero-order valence-corrected chi connectivity index (χ0v) is 12.3. The minimum Gasteiger partial charge on any atom is -0.263 e. The molecule has 5 nitrogen and oxygen atoms in total. The molecule has 1 aliphatic heterocycles. The minimum atomic E-state index is -3.55. The molecule has 0 radical (unpaired) electrons. The molecule has 0 saturated carbocycles. The van der Waals surface area contributed by atoms with Crippen molar-refractivity contribution in [1.29, 1.82) is 0 Å². The third-order valence-electron chi connectivity index (χ3n) is 2.86. The monoisotopic (exact) mass is 301 g/mol. The molecule has 1 aliphatic rings. The number of aryl methyl sites for hydroxylation is 1. The molecule has 104 valence electrons. The molecular weight excluding hydrogens is 286 g/mol. The Morgan fingerprint density at radius 1 is 1.21 bits per heavy atom. The predicted molar refractivity (Wildman–Crippen MR) is 75.2 cm³/mol. The van der Waals surface area contributed by atoms with Gasteiger partial charge in [0.25, 0.3) is 0 Å². The molecule has 0 bridgehead atoms. The fourth-order valence-electron chi connectivity index (χ4n) is 2.03. The molecule has 0 N–H and O–H groups in total. The highest BCUT2D eigenvalue weighted by molar-refractivity contribution is 7.95. The number of anilines is 1. The minimum absolute atomic E-state index is 0.214. The Balaban J connectivity index is 2.45. The average Bonchev–Trinajstić information content (AvgIpc) is 2.60. The van der Waals surface area contributed by atoms with Crippen molar-refractivity contribution >= 4 is 25.5 Å². The average molecular weight is 301 g/mol. The van der Waals surface area contributed by atoms with Crippen molar-refractivity contribution in [3.63, 3.8) is 0 Å². The van der Waals surface area contributed by atoms with Crippen LogP contribution in [0.25, 0.3) is 0 Å². The van der Waals surface area contributed by atoms with E-state index in [9.17, 15) is 16.8 Å². The highest BCUT2D eigenvalue weighted by Crippen LogP contribution is 2.25. The standard InChI is InChI=1S/C12H15NO4S2/c1-10-3-5-11(6-4-10)13(18(2,14)15)12-7-8-19(16,17)9-12/h3-8,12H,9H2,1-2H3/t12-/m1/s1. The summed E-state index contributed by atoms with van der Waals surface area (Å²) in [4.78, 5) is 0. The molecule has 0 spiro atoms.